The van der Waals surface area contributed by atoms with Gasteiger partial charge in [-0.05, 0) is 18.2 Å². The molecule has 0 spiro atoms. The summed E-state index contributed by atoms with van der Waals surface area (Å²) in [6, 6.07) is 4.18. The predicted octanol–water partition coefficient (Wildman–Crippen LogP) is 2.63. The summed E-state index contributed by atoms with van der Waals surface area (Å²) in [6.45, 7) is -2.44. The van der Waals surface area contributed by atoms with Crippen LogP contribution in [0.25, 0.3) is 0 Å². The van der Waals surface area contributed by atoms with E-state index >= 15 is 0 Å². The minimum absolute atomic E-state index is 0.0351. The normalized spacial score (nSPS) is 11.5. The van der Waals surface area contributed by atoms with Crippen molar-refractivity contribution in [3.63, 3.8) is 0 Å². The van der Waals surface area contributed by atoms with Crippen molar-refractivity contribution >= 4 is 30.1 Å². The van der Waals surface area contributed by atoms with E-state index < -0.39 is 31.8 Å². The van der Waals surface area contributed by atoms with Crippen LogP contribution in [0.4, 0.5) is 13.2 Å². The van der Waals surface area contributed by atoms with Crippen LogP contribution in [0.3, 0.4) is 0 Å². The lowest BCUT2D eigenvalue weighted by Gasteiger charge is -2.23. The molecule has 1 aromatic carbocycles. The fourth-order valence-corrected chi connectivity index (χ4v) is 1.84. The minimum atomic E-state index is -4.55. The molecule has 0 aromatic heterocycles. The van der Waals surface area contributed by atoms with E-state index in [0.717, 1.165) is 0 Å². The molecule has 1 aromatic rings. The zero-order chi connectivity index (χ0) is 14.6. The maximum Gasteiger partial charge on any atom is 0.406 e. The number of amides is 1. The van der Waals surface area contributed by atoms with Crippen LogP contribution in [0.15, 0.2) is 23.1 Å². The van der Waals surface area contributed by atoms with Crippen molar-refractivity contribution in [2.75, 3.05) is 19.7 Å². The molecular weight excluding hydrogens is 303 g/mol. The van der Waals surface area contributed by atoms with Gasteiger partial charge >= 0.3 is 6.18 Å². The van der Waals surface area contributed by atoms with Crippen molar-refractivity contribution in [1.29, 1.82) is 0 Å². The van der Waals surface area contributed by atoms with E-state index in [0.29, 0.717) is 9.80 Å². The highest BCUT2D eigenvalue weighted by atomic mass is 35.5. The number of aliphatic hydroxyl groups is 1. The monoisotopic (exact) mass is 313 g/mol. The first-order chi connectivity index (χ1) is 8.74. The van der Waals surface area contributed by atoms with Gasteiger partial charge in [0.15, 0.2) is 0 Å². The van der Waals surface area contributed by atoms with Crippen LogP contribution in [-0.2, 0) is 0 Å². The third-order valence-electron chi connectivity index (χ3n) is 2.21. The number of thiol groups is 1. The molecule has 0 saturated carbocycles. The Labute approximate surface area is 118 Å². The van der Waals surface area contributed by atoms with E-state index in [9.17, 15) is 18.0 Å². The van der Waals surface area contributed by atoms with Crippen LogP contribution in [0.1, 0.15) is 10.4 Å². The van der Waals surface area contributed by atoms with Crippen LogP contribution >= 0.6 is 24.2 Å². The molecule has 1 N–H and O–H groups in total. The van der Waals surface area contributed by atoms with Gasteiger partial charge in [-0.1, -0.05) is 11.6 Å². The van der Waals surface area contributed by atoms with Crippen LogP contribution < -0.4 is 0 Å². The highest BCUT2D eigenvalue weighted by molar-refractivity contribution is 7.80. The average molecular weight is 314 g/mol. The molecule has 0 radical (unpaired) electrons. The number of nitrogens with zero attached hydrogens (tertiary/aromatic N) is 1. The summed E-state index contributed by atoms with van der Waals surface area (Å²) in [4.78, 5) is 12.9. The molecule has 0 atom stereocenters. The first-order valence-electron chi connectivity index (χ1n) is 5.20. The van der Waals surface area contributed by atoms with Gasteiger partial charge in [-0.15, -0.1) is 12.6 Å². The first-order valence-corrected chi connectivity index (χ1v) is 6.02. The number of hydrogen-bond donors (Lipinski definition) is 2. The molecule has 0 heterocycles. The van der Waals surface area contributed by atoms with Gasteiger partial charge in [0.05, 0.1) is 17.2 Å². The Kier molecular flexibility index (Phi) is 5.51. The van der Waals surface area contributed by atoms with Gasteiger partial charge in [0.25, 0.3) is 5.91 Å². The molecule has 0 fully saturated rings. The molecule has 8 heteroatoms. The quantitative estimate of drug-likeness (QED) is 0.839. The number of halogens is 4. The van der Waals surface area contributed by atoms with E-state index in [2.05, 4.69) is 12.6 Å². The Morgan fingerprint density at radius 3 is 2.58 bits per heavy atom. The second-order valence-corrected chi connectivity index (χ2v) is 4.65. The van der Waals surface area contributed by atoms with Crippen molar-refractivity contribution < 1.29 is 23.1 Å². The number of rotatable bonds is 4. The van der Waals surface area contributed by atoms with Gasteiger partial charge in [-0.25, -0.2) is 0 Å². The van der Waals surface area contributed by atoms with Crippen molar-refractivity contribution in [3.8, 4) is 0 Å². The Morgan fingerprint density at radius 1 is 1.42 bits per heavy atom. The minimum Gasteiger partial charge on any atom is -0.395 e. The molecule has 0 aliphatic carbocycles. The predicted molar refractivity (Wildman–Crippen MR) is 67.7 cm³/mol. The molecular formula is C11H11ClF3NO2S. The number of alkyl halides is 3. The maximum atomic E-state index is 12.4. The molecule has 1 rings (SSSR count). The first kappa shape index (κ1) is 16.1. The SMILES string of the molecule is O=C(c1cc(S)ccc1Cl)N(CCO)CC(F)(F)F. The maximum absolute atomic E-state index is 12.4. The topological polar surface area (TPSA) is 40.5 Å². The van der Waals surface area contributed by atoms with Gasteiger partial charge in [0.1, 0.15) is 6.54 Å². The molecule has 0 bridgehead atoms. The molecule has 0 unspecified atom stereocenters. The highest BCUT2D eigenvalue weighted by Crippen LogP contribution is 2.23. The van der Waals surface area contributed by atoms with Crippen molar-refractivity contribution in [3.05, 3.63) is 28.8 Å². The van der Waals surface area contributed by atoms with Crippen LogP contribution in [0.2, 0.25) is 5.02 Å². The zero-order valence-electron chi connectivity index (χ0n) is 9.62. The van der Waals surface area contributed by atoms with Crippen LogP contribution in [0, 0.1) is 0 Å². The van der Waals surface area contributed by atoms with E-state index in [-0.39, 0.29) is 10.6 Å². The Bertz CT molecular complexity index is 468. The second kappa shape index (κ2) is 6.49. The summed E-state index contributed by atoms with van der Waals surface area (Å²) in [5.74, 6) is -0.896. The van der Waals surface area contributed by atoms with Crippen LogP contribution in [-0.4, -0.2) is 41.8 Å². The summed E-state index contributed by atoms with van der Waals surface area (Å²) in [5, 5.41) is 8.78. The van der Waals surface area contributed by atoms with E-state index in [1.807, 2.05) is 0 Å². The fourth-order valence-electron chi connectivity index (χ4n) is 1.44. The number of carbonyl (C=O) groups is 1. The molecule has 19 heavy (non-hydrogen) atoms. The summed E-state index contributed by atoms with van der Waals surface area (Å²) < 4.78 is 37.1. The van der Waals surface area contributed by atoms with Gasteiger partial charge < -0.3 is 10.0 Å². The number of aliphatic hydroxyl groups excluding tert-OH is 1. The van der Waals surface area contributed by atoms with E-state index in [1.54, 1.807) is 0 Å². The number of hydrogen-bond acceptors (Lipinski definition) is 3. The summed E-state index contributed by atoms with van der Waals surface area (Å²) in [6.07, 6.45) is -4.55. The summed E-state index contributed by atoms with van der Waals surface area (Å²) in [5.41, 5.74) is -0.0770. The molecule has 106 valence electrons. The lowest BCUT2D eigenvalue weighted by atomic mass is 10.2. The number of carbonyl (C=O) groups excluding carboxylic acids is 1. The fraction of sp³-hybridized carbons (Fsp3) is 0.364. The second-order valence-electron chi connectivity index (χ2n) is 3.73. The van der Waals surface area contributed by atoms with Gasteiger partial charge in [-0.3, -0.25) is 4.79 Å². The van der Waals surface area contributed by atoms with Gasteiger partial charge in [-0.2, -0.15) is 13.2 Å². The number of benzene rings is 1. The van der Waals surface area contributed by atoms with Gasteiger partial charge in [0.2, 0.25) is 0 Å². The van der Waals surface area contributed by atoms with E-state index in [4.69, 9.17) is 16.7 Å². The summed E-state index contributed by atoms with van der Waals surface area (Å²) in [7, 11) is 0. The van der Waals surface area contributed by atoms with Crippen LogP contribution in [0.5, 0.6) is 0 Å². The Balaban J connectivity index is 3.02. The molecule has 1 amide bonds. The lowest BCUT2D eigenvalue weighted by molar-refractivity contribution is -0.141. The summed E-state index contributed by atoms with van der Waals surface area (Å²) >= 11 is 9.78. The smallest absolute Gasteiger partial charge is 0.395 e. The molecule has 0 aliphatic rings. The molecule has 0 saturated heterocycles. The van der Waals surface area contributed by atoms with Crippen molar-refractivity contribution in [1.82, 2.24) is 4.90 Å². The van der Waals surface area contributed by atoms with Gasteiger partial charge in [0, 0.05) is 11.4 Å². The third-order valence-corrected chi connectivity index (χ3v) is 2.82. The third kappa shape index (κ3) is 4.93. The van der Waals surface area contributed by atoms with Crippen molar-refractivity contribution in [2.45, 2.75) is 11.1 Å². The molecule has 3 nitrogen and oxygen atoms in total. The Hall–Kier alpha value is -0.920. The van der Waals surface area contributed by atoms with Crippen molar-refractivity contribution in [2.24, 2.45) is 0 Å². The lowest BCUT2D eigenvalue weighted by Crippen LogP contribution is -2.40. The Morgan fingerprint density at radius 2 is 2.05 bits per heavy atom. The molecule has 0 aliphatic heterocycles. The van der Waals surface area contributed by atoms with E-state index in [1.165, 1.54) is 18.2 Å². The standard InChI is InChI=1S/C11H11ClF3NO2S/c12-9-2-1-7(19)5-8(9)10(18)16(3-4-17)6-11(13,14)15/h1-2,5,17,19H,3-4,6H2. The average Bonchev–Trinajstić information content (AvgIpc) is 2.29. The highest BCUT2D eigenvalue weighted by Gasteiger charge is 2.33. The largest absolute Gasteiger partial charge is 0.406 e. The zero-order valence-corrected chi connectivity index (χ0v) is 11.3.